The number of hydrazine groups is 1. The third-order valence-corrected chi connectivity index (χ3v) is 5.02. The summed E-state index contributed by atoms with van der Waals surface area (Å²) in [6.45, 7) is 3.71. The fourth-order valence-electron chi connectivity index (χ4n) is 3.66. The van der Waals surface area contributed by atoms with Crippen molar-refractivity contribution in [2.45, 2.75) is 6.10 Å². The number of nitrogens with zero attached hydrogens (tertiary/aromatic N) is 3. The third kappa shape index (κ3) is 2.93. The molecular formula is C17H22FN5O3. The fraction of sp³-hybridized carbons (Fsp3) is 0.471. The number of benzene rings is 1. The normalized spacial score (nSPS) is 23.9. The van der Waals surface area contributed by atoms with E-state index >= 15 is 0 Å². The summed E-state index contributed by atoms with van der Waals surface area (Å²) in [6.07, 6.45) is 1.86. The lowest BCUT2D eigenvalue weighted by molar-refractivity contribution is -0.127. The van der Waals surface area contributed by atoms with Crippen molar-refractivity contribution in [3.8, 4) is 0 Å². The third-order valence-electron chi connectivity index (χ3n) is 5.02. The van der Waals surface area contributed by atoms with Crippen LogP contribution in [0.4, 0.5) is 20.6 Å². The zero-order valence-electron chi connectivity index (χ0n) is 14.3. The zero-order chi connectivity index (χ0) is 18.3. The Balaban J connectivity index is 1.41. The Morgan fingerprint density at radius 1 is 1.38 bits per heavy atom. The second-order valence-corrected chi connectivity index (χ2v) is 7.14. The Morgan fingerprint density at radius 3 is 2.77 bits per heavy atom. The minimum Gasteiger partial charge on any atom is -0.442 e. The summed E-state index contributed by atoms with van der Waals surface area (Å²) in [5, 5.41) is 1.34. The molecule has 140 valence electrons. The van der Waals surface area contributed by atoms with Gasteiger partial charge in [0.1, 0.15) is 11.9 Å². The largest absolute Gasteiger partial charge is 0.442 e. The summed E-state index contributed by atoms with van der Waals surface area (Å²) in [5.74, 6) is 5.37. The number of cyclic esters (lactones) is 1. The second-order valence-electron chi connectivity index (χ2n) is 7.14. The van der Waals surface area contributed by atoms with E-state index in [4.69, 9.17) is 21.1 Å². The van der Waals surface area contributed by atoms with E-state index in [9.17, 15) is 9.18 Å². The molecule has 3 aliphatic heterocycles. The summed E-state index contributed by atoms with van der Waals surface area (Å²) < 4.78 is 25.1. The summed E-state index contributed by atoms with van der Waals surface area (Å²) >= 11 is 0. The van der Waals surface area contributed by atoms with Crippen molar-refractivity contribution in [2.75, 3.05) is 49.2 Å². The van der Waals surface area contributed by atoms with Crippen molar-refractivity contribution in [1.29, 1.82) is 0 Å². The Kier molecular flexibility index (Phi) is 4.12. The first-order chi connectivity index (χ1) is 12.5. The monoisotopic (exact) mass is 363 g/mol. The maximum absolute atomic E-state index is 14.6. The lowest BCUT2D eigenvalue weighted by atomic mass is 9.78. The molecule has 4 N–H and O–H groups in total. The smallest absolute Gasteiger partial charge is 0.414 e. The van der Waals surface area contributed by atoms with Crippen LogP contribution in [0.5, 0.6) is 0 Å². The van der Waals surface area contributed by atoms with Crippen molar-refractivity contribution in [3.63, 3.8) is 0 Å². The number of halogens is 1. The average molecular weight is 363 g/mol. The Bertz CT molecular complexity index is 731. The molecule has 0 aliphatic carbocycles. The van der Waals surface area contributed by atoms with Crippen LogP contribution in [0.2, 0.25) is 0 Å². The van der Waals surface area contributed by atoms with Crippen molar-refractivity contribution < 1.29 is 18.7 Å². The van der Waals surface area contributed by atoms with Crippen LogP contribution in [0.25, 0.3) is 0 Å². The van der Waals surface area contributed by atoms with E-state index in [0.717, 1.165) is 26.3 Å². The van der Waals surface area contributed by atoms with Crippen LogP contribution in [0.1, 0.15) is 0 Å². The van der Waals surface area contributed by atoms with Gasteiger partial charge >= 0.3 is 6.09 Å². The molecule has 1 amide bonds. The molecule has 3 saturated heterocycles. The number of carbonyl (C=O) groups excluding carboxylic acids is 1. The lowest BCUT2D eigenvalue weighted by Gasteiger charge is -2.56. The van der Waals surface area contributed by atoms with E-state index in [1.165, 1.54) is 28.4 Å². The zero-order valence-corrected chi connectivity index (χ0v) is 14.3. The molecule has 1 unspecified atom stereocenters. The van der Waals surface area contributed by atoms with Gasteiger partial charge in [-0.05, 0) is 18.2 Å². The molecule has 1 atom stereocenters. The molecule has 0 bridgehead atoms. The van der Waals surface area contributed by atoms with Crippen LogP contribution in [0.15, 0.2) is 30.6 Å². The van der Waals surface area contributed by atoms with E-state index in [1.807, 2.05) is 4.90 Å². The van der Waals surface area contributed by atoms with Gasteiger partial charge < -0.3 is 25.1 Å². The minimum atomic E-state index is -0.512. The molecule has 0 radical (unpaired) electrons. The number of anilines is 2. The maximum Gasteiger partial charge on any atom is 0.414 e. The minimum absolute atomic E-state index is 0.211. The number of hydrogen-bond donors (Lipinski definition) is 2. The molecule has 9 heteroatoms. The van der Waals surface area contributed by atoms with Gasteiger partial charge in [0.25, 0.3) is 0 Å². The van der Waals surface area contributed by atoms with E-state index in [2.05, 4.69) is 0 Å². The van der Waals surface area contributed by atoms with Gasteiger partial charge in [-0.2, -0.15) is 0 Å². The van der Waals surface area contributed by atoms with Gasteiger partial charge in [0.05, 0.1) is 43.1 Å². The lowest BCUT2D eigenvalue weighted by Crippen LogP contribution is -2.66. The van der Waals surface area contributed by atoms with Gasteiger partial charge in [-0.3, -0.25) is 4.90 Å². The molecule has 1 spiro atoms. The molecule has 0 aromatic heterocycles. The summed E-state index contributed by atoms with van der Waals surface area (Å²) in [7, 11) is 0. The van der Waals surface area contributed by atoms with Crippen LogP contribution in [0.3, 0.4) is 0 Å². The van der Waals surface area contributed by atoms with Gasteiger partial charge in [0.15, 0.2) is 0 Å². The molecule has 1 aromatic carbocycles. The van der Waals surface area contributed by atoms with E-state index in [1.54, 1.807) is 12.1 Å². The molecule has 8 nitrogen and oxygen atoms in total. The second kappa shape index (κ2) is 6.33. The number of nitrogens with two attached hydrogens (primary N) is 2. The van der Waals surface area contributed by atoms with Crippen LogP contribution >= 0.6 is 0 Å². The summed E-state index contributed by atoms with van der Waals surface area (Å²) in [6, 6.07) is 4.83. The van der Waals surface area contributed by atoms with E-state index < -0.39 is 12.2 Å². The highest BCUT2D eigenvalue weighted by molar-refractivity contribution is 5.90. The van der Waals surface area contributed by atoms with Crippen LogP contribution in [0, 0.1) is 11.2 Å². The van der Waals surface area contributed by atoms with Gasteiger partial charge in [-0.15, -0.1) is 0 Å². The van der Waals surface area contributed by atoms with Gasteiger partial charge in [-0.1, -0.05) is 0 Å². The highest BCUT2D eigenvalue weighted by Gasteiger charge is 2.49. The fourth-order valence-corrected chi connectivity index (χ4v) is 3.66. The van der Waals surface area contributed by atoms with Crippen molar-refractivity contribution in [1.82, 2.24) is 5.01 Å². The number of ether oxygens (including phenoxy) is 2. The van der Waals surface area contributed by atoms with Gasteiger partial charge in [0, 0.05) is 25.5 Å². The SMILES string of the molecule is N/C=C\N(N)CC1CN(c2ccc(N3CC4(COC4)C3)c(F)c2)C(=O)O1. The standard InChI is InChI=1S/C17H22FN5O3/c18-14-5-12(1-2-15(14)21-8-17(9-21)10-25-11-17)23-7-13(26-16(23)24)6-22(20)4-3-19/h1-5,13H,6-11,19-20H2/b4-3-. The van der Waals surface area contributed by atoms with Crippen molar-refractivity contribution in [3.05, 3.63) is 36.4 Å². The predicted molar refractivity (Wildman–Crippen MR) is 93.7 cm³/mol. The van der Waals surface area contributed by atoms with Crippen LogP contribution in [-0.4, -0.2) is 56.6 Å². The number of amides is 1. The van der Waals surface area contributed by atoms with E-state index in [0.29, 0.717) is 24.5 Å². The maximum atomic E-state index is 14.6. The molecule has 3 fully saturated rings. The van der Waals surface area contributed by atoms with E-state index in [-0.39, 0.29) is 11.2 Å². The number of carbonyl (C=O) groups is 1. The highest BCUT2D eigenvalue weighted by Crippen LogP contribution is 2.41. The van der Waals surface area contributed by atoms with Gasteiger partial charge in [-0.25, -0.2) is 15.0 Å². The molecule has 1 aromatic rings. The first-order valence-electron chi connectivity index (χ1n) is 8.50. The Hall–Kier alpha value is -2.52. The molecule has 4 rings (SSSR count). The topological polar surface area (TPSA) is 97.3 Å². The summed E-state index contributed by atoms with van der Waals surface area (Å²) in [5.41, 5.74) is 6.51. The quantitative estimate of drug-likeness (QED) is 0.584. The van der Waals surface area contributed by atoms with Crippen molar-refractivity contribution in [2.24, 2.45) is 17.0 Å². The highest BCUT2D eigenvalue weighted by atomic mass is 19.1. The molecule has 0 saturated carbocycles. The first kappa shape index (κ1) is 16.9. The Labute approximate surface area is 150 Å². The molecular weight excluding hydrogens is 341 g/mol. The predicted octanol–water partition coefficient (Wildman–Crippen LogP) is 0.593. The Morgan fingerprint density at radius 2 is 2.15 bits per heavy atom. The molecule has 3 aliphatic rings. The van der Waals surface area contributed by atoms with Crippen LogP contribution in [-0.2, 0) is 9.47 Å². The summed E-state index contributed by atoms with van der Waals surface area (Å²) in [4.78, 5) is 15.5. The number of rotatable bonds is 5. The average Bonchev–Trinajstić information content (AvgIpc) is 2.86. The molecule has 3 heterocycles. The van der Waals surface area contributed by atoms with Crippen LogP contribution < -0.4 is 21.4 Å². The van der Waals surface area contributed by atoms with Gasteiger partial charge in [0.2, 0.25) is 0 Å². The number of hydrogen-bond acceptors (Lipinski definition) is 7. The molecule has 26 heavy (non-hydrogen) atoms. The first-order valence-corrected chi connectivity index (χ1v) is 8.50. The van der Waals surface area contributed by atoms with Crippen molar-refractivity contribution >= 4 is 17.5 Å².